The minimum absolute atomic E-state index is 0.112. The number of hydrogen-bond donors (Lipinski definition) is 1. The summed E-state index contributed by atoms with van der Waals surface area (Å²) in [6, 6.07) is 12.2. The Hall–Kier alpha value is -2.43. The summed E-state index contributed by atoms with van der Waals surface area (Å²) >= 11 is 0. The highest BCUT2D eigenvalue weighted by Gasteiger charge is 2.05. The van der Waals surface area contributed by atoms with Crippen LogP contribution in [-0.4, -0.2) is 12.5 Å². The fraction of sp³-hybridized carbons (Fsp3) is 0.188. The fourth-order valence-electron chi connectivity index (χ4n) is 1.79. The van der Waals surface area contributed by atoms with E-state index >= 15 is 0 Å². The molecule has 0 radical (unpaired) electrons. The van der Waals surface area contributed by atoms with Crippen molar-refractivity contribution in [2.75, 3.05) is 11.9 Å². The second kappa shape index (κ2) is 7.38. The summed E-state index contributed by atoms with van der Waals surface area (Å²) in [4.78, 5) is 11.6. The molecule has 0 fully saturated rings. The summed E-state index contributed by atoms with van der Waals surface area (Å²) in [6.07, 6.45) is 0.726. The average molecular weight is 291 g/mol. The SMILES string of the molecule is O=C(CCCOc1ccccc1)Nc1cc(F)cc(F)c1. The maximum atomic E-state index is 13.0. The van der Waals surface area contributed by atoms with Gasteiger partial charge in [0.2, 0.25) is 5.91 Å². The molecule has 0 aromatic heterocycles. The monoisotopic (exact) mass is 291 g/mol. The topological polar surface area (TPSA) is 38.3 Å². The Kier molecular flexibility index (Phi) is 5.26. The summed E-state index contributed by atoms with van der Waals surface area (Å²) in [6.45, 7) is 0.398. The lowest BCUT2D eigenvalue weighted by molar-refractivity contribution is -0.116. The van der Waals surface area contributed by atoms with Crippen LogP contribution in [0.4, 0.5) is 14.5 Å². The Balaban J connectivity index is 1.72. The van der Waals surface area contributed by atoms with Gasteiger partial charge < -0.3 is 10.1 Å². The predicted molar refractivity (Wildman–Crippen MR) is 76.2 cm³/mol. The minimum atomic E-state index is -0.724. The standard InChI is InChI=1S/C16H15F2NO2/c17-12-9-13(18)11-14(10-12)19-16(20)7-4-8-21-15-5-2-1-3-6-15/h1-3,5-6,9-11H,4,7-8H2,(H,19,20). The Bertz CT molecular complexity index is 582. The van der Waals surface area contributed by atoms with Crippen molar-refractivity contribution < 1.29 is 18.3 Å². The van der Waals surface area contributed by atoms with E-state index < -0.39 is 11.6 Å². The average Bonchev–Trinajstić information content (AvgIpc) is 2.43. The Morgan fingerprint density at radius 3 is 2.38 bits per heavy atom. The molecule has 0 saturated heterocycles. The number of amides is 1. The number of carbonyl (C=O) groups excluding carboxylic acids is 1. The van der Waals surface area contributed by atoms with E-state index in [2.05, 4.69) is 5.32 Å². The van der Waals surface area contributed by atoms with Crippen molar-refractivity contribution in [1.29, 1.82) is 0 Å². The van der Waals surface area contributed by atoms with Gasteiger partial charge in [-0.25, -0.2) is 8.78 Å². The van der Waals surface area contributed by atoms with Crippen molar-refractivity contribution in [3.05, 3.63) is 60.2 Å². The van der Waals surface area contributed by atoms with Crippen LogP contribution in [0.2, 0.25) is 0 Å². The third-order valence-electron chi connectivity index (χ3n) is 2.71. The van der Waals surface area contributed by atoms with Gasteiger partial charge in [-0.15, -0.1) is 0 Å². The van der Waals surface area contributed by atoms with E-state index in [9.17, 15) is 13.6 Å². The van der Waals surface area contributed by atoms with E-state index in [1.807, 2.05) is 30.3 Å². The Labute approximate surface area is 121 Å². The third-order valence-corrected chi connectivity index (χ3v) is 2.71. The van der Waals surface area contributed by atoms with Crippen molar-refractivity contribution in [2.24, 2.45) is 0 Å². The first-order valence-electron chi connectivity index (χ1n) is 6.57. The Morgan fingerprint density at radius 2 is 1.71 bits per heavy atom. The molecule has 0 aliphatic rings. The van der Waals surface area contributed by atoms with Gasteiger partial charge in [0.05, 0.1) is 6.61 Å². The summed E-state index contributed by atoms with van der Waals surface area (Å²) in [5, 5.41) is 2.45. The number of ether oxygens (including phenoxy) is 1. The number of rotatable bonds is 6. The summed E-state index contributed by atoms with van der Waals surface area (Å²) in [7, 11) is 0. The molecule has 0 unspecified atom stereocenters. The van der Waals surface area contributed by atoms with E-state index in [0.29, 0.717) is 13.0 Å². The van der Waals surface area contributed by atoms with Crippen LogP contribution >= 0.6 is 0 Å². The third kappa shape index (κ3) is 5.22. The quantitative estimate of drug-likeness (QED) is 0.823. The van der Waals surface area contributed by atoms with Crippen molar-refractivity contribution in [3.8, 4) is 5.75 Å². The highest BCUT2D eigenvalue weighted by atomic mass is 19.1. The zero-order valence-corrected chi connectivity index (χ0v) is 11.3. The van der Waals surface area contributed by atoms with Gasteiger partial charge in [-0.1, -0.05) is 18.2 Å². The zero-order chi connectivity index (χ0) is 15.1. The number of benzene rings is 2. The van der Waals surface area contributed by atoms with Crippen LogP contribution < -0.4 is 10.1 Å². The Morgan fingerprint density at radius 1 is 1.05 bits per heavy atom. The predicted octanol–water partition coefficient (Wildman–Crippen LogP) is 3.76. The number of nitrogens with one attached hydrogen (secondary N) is 1. The van der Waals surface area contributed by atoms with Gasteiger partial charge in [-0.2, -0.15) is 0 Å². The molecular formula is C16H15F2NO2. The molecule has 0 aliphatic heterocycles. The first-order valence-corrected chi connectivity index (χ1v) is 6.57. The molecule has 21 heavy (non-hydrogen) atoms. The van der Waals surface area contributed by atoms with Gasteiger partial charge in [0, 0.05) is 18.2 Å². The van der Waals surface area contributed by atoms with Crippen LogP contribution in [0.1, 0.15) is 12.8 Å². The number of halogens is 2. The van der Waals surface area contributed by atoms with E-state index in [1.54, 1.807) is 0 Å². The molecule has 2 aromatic rings. The molecule has 3 nitrogen and oxygen atoms in total. The van der Waals surface area contributed by atoms with Crippen LogP contribution in [-0.2, 0) is 4.79 Å². The van der Waals surface area contributed by atoms with Crippen LogP contribution in [0, 0.1) is 11.6 Å². The van der Waals surface area contributed by atoms with Gasteiger partial charge >= 0.3 is 0 Å². The number of anilines is 1. The molecule has 0 bridgehead atoms. The lowest BCUT2D eigenvalue weighted by Crippen LogP contribution is -2.13. The molecule has 2 aromatic carbocycles. The number of carbonyl (C=O) groups is 1. The lowest BCUT2D eigenvalue weighted by atomic mass is 10.2. The first kappa shape index (κ1) is 15.0. The second-order valence-corrected chi connectivity index (χ2v) is 4.47. The molecule has 0 atom stereocenters. The van der Waals surface area contributed by atoms with Crippen LogP contribution in [0.25, 0.3) is 0 Å². The summed E-state index contributed by atoms with van der Waals surface area (Å²) in [5.74, 6) is -1.02. The molecule has 0 heterocycles. The molecule has 110 valence electrons. The van der Waals surface area contributed by atoms with Crippen LogP contribution in [0.5, 0.6) is 5.75 Å². The molecule has 1 amide bonds. The maximum absolute atomic E-state index is 13.0. The molecule has 0 aliphatic carbocycles. The summed E-state index contributed by atoms with van der Waals surface area (Å²) in [5.41, 5.74) is 0.112. The molecule has 2 rings (SSSR count). The van der Waals surface area contributed by atoms with Gasteiger partial charge in [-0.05, 0) is 30.7 Å². The van der Waals surface area contributed by atoms with Gasteiger partial charge in [0.15, 0.2) is 0 Å². The first-order chi connectivity index (χ1) is 10.1. The zero-order valence-electron chi connectivity index (χ0n) is 11.3. The fourth-order valence-corrected chi connectivity index (χ4v) is 1.79. The normalized spacial score (nSPS) is 10.2. The van der Waals surface area contributed by atoms with Crippen molar-refractivity contribution in [2.45, 2.75) is 12.8 Å². The number of hydrogen-bond acceptors (Lipinski definition) is 2. The van der Waals surface area contributed by atoms with E-state index in [1.165, 1.54) is 0 Å². The van der Waals surface area contributed by atoms with Crippen molar-refractivity contribution in [3.63, 3.8) is 0 Å². The van der Waals surface area contributed by atoms with E-state index in [0.717, 1.165) is 23.9 Å². The molecular weight excluding hydrogens is 276 g/mol. The van der Waals surface area contributed by atoms with Crippen molar-refractivity contribution in [1.82, 2.24) is 0 Å². The highest BCUT2D eigenvalue weighted by Crippen LogP contribution is 2.13. The van der Waals surface area contributed by atoms with E-state index in [4.69, 9.17) is 4.74 Å². The van der Waals surface area contributed by atoms with Gasteiger partial charge in [-0.3, -0.25) is 4.79 Å². The maximum Gasteiger partial charge on any atom is 0.224 e. The van der Waals surface area contributed by atoms with Gasteiger partial charge in [0.1, 0.15) is 17.4 Å². The molecule has 0 spiro atoms. The second-order valence-electron chi connectivity index (χ2n) is 4.47. The molecule has 0 saturated carbocycles. The molecule has 1 N–H and O–H groups in total. The smallest absolute Gasteiger partial charge is 0.224 e. The van der Waals surface area contributed by atoms with Crippen LogP contribution in [0.15, 0.2) is 48.5 Å². The lowest BCUT2D eigenvalue weighted by Gasteiger charge is -2.07. The number of para-hydroxylation sites is 1. The highest BCUT2D eigenvalue weighted by molar-refractivity contribution is 5.90. The van der Waals surface area contributed by atoms with Crippen LogP contribution in [0.3, 0.4) is 0 Å². The van der Waals surface area contributed by atoms with Crippen molar-refractivity contribution >= 4 is 11.6 Å². The van der Waals surface area contributed by atoms with Gasteiger partial charge in [0.25, 0.3) is 0 Å². The largest absolute Gasteiger partial charge is 0.494 e. The van der Waals surface area contributed by atoms with E-state index in [-0.39, 0.29) is 18.0 Å². The summed E-state index contributed by atoms with van der Waals surface area (Å²) < 4.78 is 31.4. The molecule has 5 heteroatoms. The minimum Gasteiger partial charge on any atom is -0.494 e.